The van der Waals surface area contributed by atoms with E-state index in [0.717, 1.165) is 24.0 Å². The molecule has 1 aromatic rings. The fourth-order valence-electron chi connectivity index (χ4n) is 2.14. The van der Waals surface area contributed by atoms with Gasteiger partial charge in [0.25, 0.3) is 0 Å². The van der Waals surface area contributed by atoms with Crippen LogP contribution >= 0.6 is 0 Å². The molecular weight excluding hydrogens is 254 g/mol. The van der Waals surface area contributed by atoms with Crippen LogP contribution in [-0.4, -0.2) is 22.5 Å². The summed E-state index contributed by atoms with van der Waals surface area (Å²) in [5.74, 6) is -1.31. The molecule has 4 nitrogen and oxygen atoms in total. The van der Waals surface area contributed by atoms with Gasteiger partial charge in [-0.1, -0.05) is 29.8 Å². The lowest BCUT2D eigenvalue weighted by Gasteiger charge is -2.25. The summed E-state index contributed by atoms with van der Waals surface area (Å²) in [6.07, 6.45) is 4.77. The van der Waals surface area contributed by atoms with Gasteiger partial charge in [0.05, 0.1) is 0 Å². The first-order chi connectivity index (χ1) is 9.41. The minimum Gasteiger partial charge on any atom is -0.480 e. The quantitative estimate of drug-likeness (QED) is 0.809. The Balaban J connectivity index is 2.01. The molecule has 4 heteroatoms. The average molecular weight is 273 g/mol. The van der Waals surface area contributed by atoms with Gasteiger partial charge in [-0.2, -0.15) is 0 Å². The molecule has 0 heterocycles. The van der Waals surface area contributed by atoms with Gasteiger partial charge in [-0.25, -0.2) is 4.79 Å². The van der Waals surface area contributed by atoms with Crippen molar-refractivity contribution in [2.45, 2.75) is 32.2 Å². The highest BCUT2D eigenvalue weighted by Gasteiger charge is 2.48. The zero-order valence-corrected chi connectivity index (χ0v) is 11.7. The van der Waals surface area contributed by atoms with Crippen LogP contribution in [0, 0.1) is 12.8 Å². The van der Waals surface area contributed by atoms with Gasteiger partial charge in [0, 0.05) is 6.08 Å². The van der Waals surface area contributed by atoms with Gasteiger partial charge in [-0.05, 0) is 44.2 Å². The Bertz CT molecular complexity index is 543. The number of carbonyl (C=O) groups is 2. The maximum atomic E-state index is 11.9. The number of aryl methyl sites for hydroxylation is 1. The summed E-state index contributed by atoms with van der Waals surface area (Å²) in [7, 11) is 0. The van der Waals surface area contributed by atoms with Crippen molar-refractivity contribution in [3.63, 3.8) is 0 Å². The fourth-order valence-corrected chi connectivity index (χ4v) is 2.14. The minimum absolute atomic E-state index is 0.0386. The highest BCUT2D eigenvalue weighted by molar-refractivity contribution is 5.95. The fraction of sp³-hybridized carbons (Fsp3) is 0.375. The first-order valence-electron chi connectivity index (χ1n) is 6.72. The highest BCUT2D eigenvalue weighted by atomic mass is 16.4. The number of carboxylic acid groups (broad SMARTS) is 1. The van der Waals surface area contributed by atoms with E-state index in [1.54, 1.807) is 13.0 Å². The van der Waals surface area contributed by atoms with Crippen molar-refractivity contribution in [1.29, 1.82) is 0 Å². The number of carboxylic acids is 1. The zero-order valence-electron chi connectivity index (χ0n) is 11.7. The third-order valence-electron chi connectivity index (χ3n) is 3.73. The minimum atomic E-state index is -1.16. The molecule has 0 aromatic heterocycles. The smallest absolute Gasteiger partial charge is 0.329 e. The van der Waals surface area contributed by atoms with E-state index in [4.69, 9.17) is 0 Å². The molecule has 1 aliphatic carbocycles. The molecule has 2 rings (SSSR count). The summed E-state index contributed by atoms with van der Waals surface area (Å²) in [4.78, 5) is 23.2. The molecule has 0 bridgehead atoms. The van der Waals surface area contributed by atoms with Crippen LogP contribution in [0.15, 0.2) is 30.3 Å². The summed E-state index contributed by atoms with van der Waals surface area (Å²) in [6, 6.07) is 7.75. The lowest BCUT2D eigenvalue weighted by Crippen LogP contribution is -2.53. The largest absolute Gasteiger partial charge is 0.480 e. The van der Waals surface area contributed by atoms with Crippen molar-refractivity contribution >= 4 is 18.0 Å². The molecule has 0 aliphatic heterocycles. The Morgan fingerprint density at radius 1 is 1.30 bits per heavy atom. The SMILES string of the molecule is Cc1ccc(/C=C/C(=O)NC(C)(C(=O)O)C2CC2)cc1. The first-order valence-corrected chi connectivity index (χ1v) is 6.72. The molecule has 1 atom stereocenters. The summed E-state index contributed by atoms with van der Waals surface area (Å²) >= 11 is 0. The van der Waals surface area contributed by atoms with Crippen molar-refractivity contribution in [3.05, 3.63) is 41.5 Å². The number of carbonyl (C=O) groups excluding carboxylic acids is 1. The van der Waals surface area contributed by atoms with Crippen molar-refractivity contribution < 1.29 is 14.7 Å². The van der Waals surface area contributed by atoms with Gasteiger partial charge in [-0.15, -0.1) is 0 Å². The van der Waals surface area contributed by atoms with E-state index >= 15 is 0 Å². The van der Waals surface area contributed by atoms with Gasteiger partial charge in [0.2, 0.25) is 5.91 Å². The van der Waals surface area contributed by atoms with E-state index in [-0.39, 0.29) is 11.8 Å². The van der Waals surface area contributed by atoms with Crippen LogP contribution in [-0.2, 0) is 9.59 Å². The predicted octanol–water partition coefficient (Wildman–Crippen LogP) is 2.38. The van der Waals surface area contributed by atoms with Crippen molar-refractivity contribution in [2.24, 2.45) is 5.92 Å². The molecule has 0 radical (unpaired) electrons. The molecule has 0 saturated heterocycles. The molecule has 1 aromatic carbocycles. The van der Waals surface area contributed by atoms with Crippen molar-refractivity contribution in [2.75, 3.05) is 0 Å². The molecule has 0 spiro atoms. The maximum absolute atomic E-state index is 11.9. The topological polar surface area (TPSA) is 66.4 Å². The van der Waals surface area contributed by atoms with Gasteiger partial charge in [0.1, 0.15) is 5.54 Å². The molecule has 20 heavy (non-hydrogen) atoms. The molecule has 1 saturated carbocycles. The Morgan fingerprint density at radius 3 is 2.40 bits per heavy atom. The van der Waals surface area contributed by atoms with Crippen LogP contribution < -0.4 is 5.32 Å². The Morgan fingerprint density at radius 2 is 1.90 bits per heavy atom. The second kappa shape index (κ2) is 5.49. The van der Waals surface area contributed by atoms with E-state index in [2.05, 4.69) is 5.32 Å². The molecule has 1 aliphatic rings. The normalized spacial score (nSPS) is 17.7. The molecular formula is C16H19NO3. The Labute approximate surface area is 118 Å². The van der Waals surface area contributed by atoms with Crippen LogP contribution in [0.25, 0.3) is 6.08 Å². The summed E-state index contributed by atoms with van der Waals surface area (Å²) in [6.45, 7) is 3.57. The number of benzene rings is 1. The summed E-state index contributed by atoms with van der Waals surface area (Å²) in [5.41, 5.74) is 0.905. The third-order valence-corrected chi connectivity index (χ3v) is 3.73. The monoisotopic (exact) mass is 273 g/mol. The van der Waals surface area contributed by atoms with Crippen LogP contribution in [0.4, 0.5) is 0 Å². The number of hydrogen-bond acceptors (Lipinski definition) is 2. The number of amides is 1. The van der Waals surface area contributed by atoms with Gasteiger partial charge >= 0.3 is 5.97 Å². The van der Waals surface area contributed by atoms with Crippen molar-refractivity contribution in [1.82, 2.24) is 5.32 Å². The van der Waals surface area contributed by atoms with Crippen LogP contribution in [0.2, 0.25) is 0 Å². The van der Waals surface area contributed by atoms with E-state index in [9.17, 15) is 14.7 Å². The van der Waals surface area contributed by atoms with Crippen LogP contribution in [0.1, 0.15) is 30.9 Å². The Kier molecular flexibility index (Phi) is 3.93. The van der Waals surface area contributed by atoms with E-state index in [0.29, 0.717) is 0 Å². The molecule has 1 fully saturated rings. The number of aliphatic carboxylic acids is 1. The molecule has 106 valence electrons. The summed E-state index contributed by atoms with van der Waals surface area (Å²) in [5, 5.41) is 11.9. The highest BCUT2D eigenvalue weighted by Crippen LogP contribution is 2.39. The summed E-state index contributed by atoms with van der Waals surface area (Å²) < 4.78 is 0. The van der Waals surface area contributed by atoms with E-state index in [1.807, 2.05) is 31.2 Å². The Hall–Kier alpha value is -2.10. The van der Waals surface area contributed by atoms with Crippen LogP contribution in [0.5, 0.6) is 0 Å². The predicted molar refractivity (Wildman–Crippen MR) is 77.1 cm³/mol. The lowest BCUT2D eigenvalue weighted by molar-refractivity contribution is -0.147. The molecule has 2 N–H and O–H groups in total. The number of nitrogens with one attached hydrogen (secondary N) is 1. The van der Waals surface area contributed by atoms with Gasteiger partial charge in [0.15, 0.2) is 0 Å². The van der Waals surface area contributed by atoms with Crippen molar-refractivity contribution in [3.8, 4) is 0 Å². The van der Waals surface area contributed by atoms with E-state index in [1.165, 1.54) is 6.08 Å². The molecule has 1 unspecified atom stereocenters. The maximum Gasteiger partial charge on any atom is 0.329 e. The second-order valence-electron chi connectivity index (χ2n) is 5.52. The third kappa shape index (κ3) is 3.26. The van der Waals surface area contributed by atoms with E-state index < -0.39 is 11.5 Å². The zero-order chi connectivity index (χ0) is 14.8. The number of hydrogen-bond donors (Lipinski definition) is 2. The average Bonchev–Trinajstić information content (AvgIpc) is 3.22. The number of rotatable bonds is 5. The lowest BCUT2D eigenvalue weighted by atomic mass is 9.96. The standard InChI is InChI=1S/C16H19NO3/c1-11-3-5-12(6-4-11)7-10-14(18)17-16(2,15(19)20)13-8-9-13/h3-7,10,13H,8-9H2,1-2H3,(H,17,18)(H,19,20)/b10-7+. The second-order valence-corrected chi connectivity index (χ2v) is 5.52. The molecule has 1 amide bonds. The van der Waals surface area contributed by atoms with Gasteiger partial charge in [-0.3, -0.25) is 4.79 Å². The first kappa shape index (κ1) is 14.3. The van der Waals surface area contributed by atoms with Gasteiger partial charge < -0.3 is 10.4 Å². The van der Waals surface area contributed by atoms with Crippen LogP contribution in [0.3, 0.4) is 0 Å².